The fourth-order valence-corrected chi connectivity index (χ4v) is 5.03. The van der Waals surface area contributed by atoms with Gasteiger partial charge >= 0.3 is 5.97 Å². The molecule has 0 aliphatic heterocycles. The molecule has 0 N–H and O–H groups in total. The predicted octanol–water partition coefficient (Wildman–Crippen LogP) is 6.97. The molecule has 3 rings (SSSR count). The molecule has 2 heteroatoms. The maximum Gasteiger partial charge on any atom is 0.312 e. The SMILES string of the molecule is CC[C@](C)(Cc1ccccc1)C(=O)O[C@@H]1C[C@H](C)CC[C@H]1C(C)(C)c1ccccc1. The Morgan fingerprint density at radius 1 is 0.967 bits per heavy atom. The quantitative estimate of drug-likeness (QED) is 0.464. The Bertz CT molecular complexity index is 811. The molecule has 0 bridgehead atoms. The highest BCUT2D eigenvalue weighted by atomic mass is 16.5. The second-order valence-corrected chi connectivity index (χ2v) is 10.1. The third-order valence-corrected chi connectivity index (χ3v) is 7.47. The molecule has 2 aromatic rings. The lowest BCUT2D eigenvalue weighted by Crippen LogP contribution is -2.45. The van der Waals surface area contributed by atoms with Crippen molar-refractivity contribution in [3.05, 3.63) is 71.8 Å². The van der Waals surface area contributed by atoms with E-state index in [0.717, 1.165) is 25.7 Å². The minimum absolute atomic E-state index is 0.0295. The van der Waals surface area contributed by atoms with Crippen LogP contribution in [0.25, 0.3) is 0 Å². The third-order valence-electron chi connectivity index (χ3n) is 7.47. The van der Waals surface area contributed by atoms with Gasteiger partial charge in [-0.15, -0.1) is 0 Å². The van der Waals surface area contributed by atoms with Gasteiger partial charge in [0.1, 0.15) is 6.10 Å². The maximum absolute atomic E-state index is 13.5. The topological polar surface area (TPSA) is 26.3 Å². The van der Waals surface area contributed by atoms with E-state index >= 15 is 0 Å². The Morgan fingerprint density at radius 3 is 2.17 bits per heavy atom. The molecule has 0 saturated heterocycles. The van der Waals surface area contributed by atoms with Crippen LogP contribution in [-0.4, -0.2) is 12.1 Å². The summed E-state index contributed by atoms with van der Waals surface area (Å²) in [6, 6.07) is 21.0. The zero-order valence-corrected chi connectivity index (χ0v) is 19.4. The molecule has 0 unspecified atom stereocenters. The van der Waals surface area contributed by atoms with E-state index in [9.17, 15) is 4.79 Å². The Kier molecular flexibility index (Phi) is 7.06. The minimum Gasteiger partial charge on any atom is -0.462 e. The summed E-state index contributed by atoms with van der Waals surface area (Å²) in [6.45, 7) is 11.1. The number of esters is 1. The van der Waals surface area contributed by atoms with Crippen molar-refractivity contribution in [1.82, 2.24) is 0 Å². The summed E-state index contributed by atoms with van der Waals surface area (Å²) >= 11 is 0. The second kappa shape index (κ2) is 9.37. The van der Waals surface area contributed by atoms with E-state index < -0.39 is 5.41 Å². The van der Waals surface area contributed by atoms with Crippen molar-refractivity contribution >= 4 is 5.97 Å². The van der Waals surface area contributed by atoms with Crippen LogP contribution in [0.15, 0.2) is 60.7 Å². The molecule has 162 valence electrons. The monoisotopic (exact) mass is 406 g/mol. The van der Waals surface area contributed by atoms with E-state index in [1.165, 1.54) is 17.5 Å². The zero-order chi connectivity index (χ0) is 21.8. The van der Waals surface area contributed by atoms with Crippen molar-refractivity contribution in [1.29, 1.82) is 0 Å². The van der Waals surface area contributed by atoms with E-state index in [4.69, 9.17) is 4.74 Å². The Balaban J connectivity index is 1.81. The first-order valence-corrected chi connectivity index (χ1v) is 11.6. The molecule has 0 radical (unpaired) electrons. The molecular weight excluding hydrogens is 368 g/mol. The smallest absolute Gasteiger partial charge is 0.312 e. The Labute approximate surface area is 183 Å². The van der Waals surface area contributed by atoms with Gasteiger partial charge in [-0.05, 0) is 55.1 Å². The Hall–Kier alpha value is -2.09. The standard InChI is InChI=1S/C28H38O2/c1-6-28(5,20-22-13-9-7-10-14-22)26(29)30-25-19-21(2)17-18-24(25)27(3,4)23-15-11-8-12-16-23/h7-16,21,24-25H,6,17-20H2,1-5H3/t21-,24-,25-,28-/m1/s1. The van der Waals surface area contributed by atoms with Gasteiger partial charge in [0.25, 0.3) is 0 Å². The van der Waals surface area contributed by atoms with E-state index in [-0.39, 0.29) is 17.5 Å². The van der Waals surface area contributed by atoms with Crippen LogP contribution in [0.2, 0.25) is 0 Å². The molecule has 1 saturated carbocycles. The summed E-state index contributed by atoms with van der Waals surface area (Å²) in [5.74, 6) is 0.882. The first-order chi connectivity index (χ1) is 14.3. The number of ether oxygens (including phenoxy) is 1. The number of carbonyl (C=O) groups is 1. The van der Waals surface area contributed by atoms with Crippen LogP contribution in [0.1, 0.15) is 71.4 Å². The lowest BCUT2D eigenvalue weighted by molar-refractivity contribution is -0.168. The lowest BCUT2D eigenvalue weighted by Gasteiger charge is -2.44. The molecule has 2 aromatic carbocycles. The minimum atomic E-state index is -0.497. The number of benzene rings is 2. The molecular formula is C28H38O2. The number of carbonyl (C=O) groups excluding carboxylic acids is 1. The van der Waals surface area contributed by atoms with E-state index in [2.05, 4.69) is 77.1 Å². The van der Waals surface area contributed by atoms with Crippen LogP contribution in [0.3, 0.4) is 0 Å². The van der Waals surface area contributed by atoms with Crippen LogP contribution in [0, 0.1) is 17.3 Å². The van der Waals surface area contributed by atoms with Crippen molar-refractivity contribution in [3.8, 4) is 0 Å². The van der Waals surface area contributed by atoms with Crippen molar-refractivity contribution in [2.45, 2.75) is 78.2 Å². The molecule has 4 atom stereocenters. The van der Waals surface area contributed by atoms with E-state index in [0.29, 0.717) is 11.8 Å². The maximum atomic E-state index is 13.5. The van der Waals surface area contributed by atoms with Crippen LogP contribution in [0.4, 0.5) is 0 Å². The lowest BCUT2D eigenvalue weighted by atomic mass is 9.64. The van der Waals surface area contributed by atoms with Crippen molar-refractivity contribution < 1.29 is 9.53 Å². The highest BCUT2D eigenvalue weighted by molar-refractivity contribution is 5.77. The van der Waals surface area contributed by atoms with Gasteiger partial charge in [-0.2, -0.15) is 0 Å². The van der Waals surface area contributed by atoms with E-state index in [1.54, 1.807) is 0 Å². The second-order valence-electron chi connectivity index (χ2n) is 10.1. The largest absolute Gasteiger partial charge is 0.462 e. The first kappa shape index (κ1) is 22.6. The highest BCUT2D eigenvalue weighted by Gasteiger charge is 2.44. The van der Waals surface area contributed by atoms with Gasteiger partial charge in [-0.25, -0.2) is 0 Å². The first-order valence-electron chi connectivity index (χ1n) is 11.6. The molecule has 0 amide bonds. The molecule has 1 aliphatic carbocycles. The van der Waals surface area contributed by atoms with Gasteiger partial charge in [0, 0.05) is 5.92 Å². The molecule has 1 aliphatic rings. The van der Waals surface area contributed by atoms with Crippen LogP contribution in [-0.2, 0) is 21.4 Å². The third kappa shape index (κ3) is 4.96. The predicted molar refractivity (Wildman–Crippen MR) is 124 cm³/mol. The van der Waals surface area contributed by atoms with Gasteiger partial charge in [-0.3, -0.25) is 4.79 Å². The van der Waals surface area contributed by atoms with Gasteiger partial charge in [0.05, 0.1) is 5.41 Å². The van der Waals surface area contributed by atoms with Crippen molar-refractivity contribution in [2.75, 3.05) is 0 Å². The molecule has 1 fully saturated rings. The average Bonchev–Trinajstić information content (AvgIpc) is 2.75. The molecule has 0 heterocycles. The van der Waals surface area contributed by atoms with Gasteiger partial charge in [0.2, 0.25) is 0 Å². The number of hydrogen-bond acceptors (Lipinski definition) is 2. The van der Waals surface area contributed by atoms with Crippen molar-refractivity contribution in [2.24, 2.45) is 17.3 Å². The van der Waals surface area contributed by atoms with Crippen molar-refractivity contribution in [3.63, 3.8) is 0 Å². The Morgan fingerprint density at radius 2 is 1.57 bits per heavy atom. The summed E-state index contributed by atoms with van der Waals surface area (Å²) in [7, 11) is 0. The molecule has 2 nitrogen and oxygen atoms in total. The summed E-state index contributed by atoms with van der Waals surface area (Å²) < 4.78 is 6.37. The summed E-state index contributed by atoms with van der Waals surface area (Å²) in [5.41, 5.74) is 1.99. The van der Waals surface area contributed by atoms with Crippen LogP contribution >= 0.6 is 0 Å². The summed E-state index contributed by atoms with van der Waals surface area (Å²) in [6.07, 6.45) is 4.72. The average molecular weight is 407 g/mol. The zero-order valence-electron chi connectivity index (χ0n) is 19.4. The number of rotatable bonds is 7. The molecule has 0 spiro atoms. The van der Waals surface area contributed by atoms with Gasteiger partial charge < -0.3 is 4.74 Å². The van der Waals surface area contributed by atoms with Crippen LogP contribution in [0.5, 0.6) is 0 Å². The highest BCUT2D eigenvalue weighted by Crippen LogP contribution is 2.44. The van der Waals surface area contributed by atoms with Crippen LogP contribution < -0.4 is 0 Å². The molecule has 0 aromatic heterocycles. The summed E-state index contributed by atoms with van der Waals surface area (Å²) in [4.78, 5) is 13.5. The normalized spacial score (nSPS) is 24.1. The molecule has 30 heavy (non-hydrogen) atoms. The fourth-order valence-electron chi connectivity index (χ4n) is 5.03. The summed E-state index contributed by atoms with van der Waals surface area (Å²) in [5, 5.41) is 0. The number of hydrogen-bond donors (Lipinski definition) is 0. The van der Waals surface area contributed by atoms with Gasteiger partial charge in [-0.1, -0.05) is 94.8 Å². The van der Waals surface area contributed by atoms with E-state index in [1.807, 2.05) is 18.2 Å². The fraction of sp³-hybridized carbons (Fsp3) is 0.536. The van der Waals surface area contributed by atoms with Gasteiger partial charge in [0.15, 0.2) is 0 Å².